The van der Waals surface area contributed by atoms with Crippen LogP contribution in [0.5, 0.6) is 11.6 Å². The van der Waals surface area contributed by atoms with Crippen LogP contribution in [0, 0.1) is 0 Å². The molecule has 12 heavy (non-hydrogen) atoms. The monoisotopic (exact) mass is 169 g/mol. The standard InChI is InChI=1S/C7H11N3O2/c1-3-12-7-5(11-2)6(8)9-4-10-7/h4H,3H2,1-2H3,(H2,8,9,10). The maximum absolute atomic E-state index is 5.51. The number of anilines is 1. The van der Waals surface area contributed by atoms with Crippen LogP contribution in [0.3, 0.4) is 0 Å². The molecule has 1 rings (SSSR count). The summed E-state index contributed by atoms with van der Waals surface area (Å²) in [5, 5.41) is 0. The fraction of sp³-hybridized carbons (Fsp3) is 0.429. The molecule has 0 aliphatic heterocycles. The van der Waals surface area contributed by atoms with E-state index in [-0.39, 0.29) is 5.82 Å². The van der Waals surface area contributed by atoms with Crippen LogP contribution >= 0.6 is 0 Å². The van der Waals surface area contributed by atoms with Crippen molar-refractivity contribution < 1.29 is 9.47 Å². The highest BCUT2D eigenvalue weighted by molar-refractivity contribution is 5.51. The minimum atomic E-state index is 0.288. The summed E-state index contributed by atoms with van der Waals surface area (Å²) in [5.74, 6) is 1.06. The number of rotatable bonds is 3. The Hall–Kier alpha value is -1.52. The molecule has 0 radical (unpaired) electrons. The van der Waals surface area contributed by atoms with Crippen molar-refractivity contribution in [3.05, 3.63) is 6.33 Å². The second kappa shape index (κ2) is 3.75. The summed E-state index contributed by atoms with van der Waals surface area (Å²) in [4.78, 5) is 7.62. The van der Waals surface area contributed by atoms with Gasteiger partial charge in [-0.1, -0.05) is 0 Å². The molecule has 0 amide bonds. The molecular formula is C7H11N3O2. The van der Waals surface area contributed by atoms with Gasteiger partial charge in [-0.3, -0.25) is 0 Å². The van der Waals surface area contributed by atoms with E-state index in [0.717, 1.165) is 0 Å². The lowest BCUT2D eigenvalue weighted by Crippen LogP contribution is -2.02. The third-order valence-corrected chi connectivity index (χ3v) is 1.28. The summed E-state index contributed by atoms with van der Waals surface area (Å²) >= 11 is 0. The Morgan fingerprint density at radius 3 is 2.83 bits per heavy atom. The van der Waals surface area contributed by atoms with Crippen LogP contribution in [0.4, 0.5) is 5.82 Å². The van der Waals surface area contributed by atoms with Crippen molar-refractivity contribution in [1.29, 1.82) is 0 Å². The largest absolute Gasteiger partial charge is 0.489 e. The Labute approximate surface area is 70.5 Å². The Morgan fingerprint density at radius 2 is 2.25 bits per heavy atom. The number of ether oxygens (including phenoxy) is 2. The molecule has 0 bridgehead atoms. The molecule has 0 saturated heterocycles. The molecule has 5 nitrogen and oxygen atoms in total. The summed E-state index contributed by atoms with van der Waals surface area (Å²) in [6.45, 7) is 2.38. The Balaban J connectivity index is 3.00. The summed E-state index contributed by atoms with van der Waals surface area (Å²) in [6, 6.07) is 0. The highest BCUT2D eigenvalue weighted by Crippen LogP contribution is 2.27. The van der Waals surface area contributed by atoms with E-state index in [1.807, 2.05) is 6.92 Å². The van der Waals surface area contributed by atoms with Gasteiger partial charge < -0.3 is 15.2 Å². The van der Waals surface area contributed by atoms with Gasteiger partial charge in [0, 0.05) is 0 Å². The van der Waals surface area contributed by atoms with Gasteiger partial charge in [0.2, 0.25) is 5.75 Å². The molecular weight excluding hydrogens is 158 g/mol. The van der Waals surface area contributed by atoms with Crippen molar-refractivity contribution in [2.24, 2.45) is 0 Å². The molecule has 1 heterocycles. The van der Waals surface area contributed by atoms with E-state index in [4.69, 9.17) is 15.2 Å². The Kier molecular flexibility index (Phi) is 2.68. The molecule has 66 valence electrons. The second-order valence-electron chi connectivity index (χ2n) is 2.03. The maximum Gasteiger partial charge on any atom is 0.262 e. The number of aromatic nitrogens is 2. The third kappa shape index (κ3) is 1.55. The number of nitrogens with two attached hydrogens (primary N) is 1. The topological polar surface area (TPSA) is 70.3 Å². The van der Waals surface area contributed by atoms with Crippen LogP contribution < -0.4 is 15.2 Å². The molecule has 0 saturated carbocycles. The van der Waals surface area contributed by atoms with E-state index >= 15 is 0 Å². The quantitative estimate of drug-likeness (QED) is 0.712. The number of nitrogen functional groups attached to an aromatic ring is 1. The SMILES string of the molecule is CCOc1ncnc(N)c1OC. The van der Waals surface area contributed by atoms with E-state index in [2.05, 4.69) is 9.97 Å². The predicted molar refractivity (Wildman–Crippen MR) is 44.2 cm³/mol. The zero-order valence-corrected chi connectivity index (χ0v) is 7.07. The normalized spacial score (nSPS) is 9.50. The summed E-state index contributed by atoms with van der Waals surface area (Å²) in [5.41, 5.74) is 5.51. The van der Waals surface area contributed by atoms with Crippen LogP contribution in [-0.4, -0.2) is 23.7 Å². The molecule has 0 unspecified atom stereocenters. The first-order valence-electron chi connectivity index (χ1n) is 3.56. The number of methoxy groups -OCH3 is 1. The van der Waals surface area contributed by atoms with Gasteiger partial charge in [-0.2, -0.15) is 4.98 Å². The third-order valence-electron chi connectivity index (χ3n) is 1.28. The highest BCUT2D eigenvalue weighted by atomic mass is 16.5. The van der Waals surface area contributed by atoms with Gasteiger partial charge >= 0.3 is 0 Å². The first kappa shape index (κ1) is 8.58. The lowest BCUT2D eigenvalue weighted by atomic mass is 10.5. The first-order chi connectivity index (χ1) is 5.79. The van der Waals surface area contributed by atoms with Gasteiger partial charge in [0.25, 0.3) is 5.88 Å². The van der Waals surface area contributed by atoms with E-state index in [1.54, 1.807) is 0 Å². The van der Waals surface area contributed by atoms with Gasteiger partial charge in [-0.15, -0.1) is 0 Å². The summed E-state index contributed by atoms with van der Waals surface area (Å²) in [7, 11) is 1.50. The number of nitrogens with zero attached hydrogens (tertiary/aromatic N) is 2. The van der Waals surface area contributed by atoms with Crippen molar-refractivity contribution >= 4 is 5.82 Å². The molecule has 2 N–H and O–H groups in total. The average molecular weight is 169 g/mol. The number of hydrogen-bond donors (Lipinski definition) is 1. The van der Waals surface area contributed by atoms with Crippen molar-refractivity contribution in [1.82, 2.24) is 9.97 Å². The summed E-state index contributed by atoms with van der Waals surface area (Å²) in [6.07, 6.45) is 1.34. The molecule has 0 aliphatic rings. The first-order valence-corrected chi connectivity index (χ1v) is 3.56. The van der Waals surface area contributed by atoms with Crippen LogP contribution in [0.15, 0.2) is 6.33 Å². The number of hydrogen-bond acceptors (Lipinski definition) is 5. The smallest absolute Gasteiger partial charge is 0.262 e. The zero-order chi connectivity index (χ0) is 8.97. The van der Waals surface area contributed by atoms with Crippen molar-refractivity contribution in [3.63, 3.8) is 0 Å². The molecule has 0 aliphatic carbocycles. The van der Waals surface area contributed by atoms with Gasteiger partial charge in [-0.05, 0) is 6.92 Å². The Morgan fingerprint density at radius 1 is 1.50 bits per heavy atom. The summed E-state index contributed by atoms with van der Waals surface area (Å²) < 4.78 is 10.1. The maximum atomic E-state index is 5.51. The van der Waals surface area contributed by atoms with E-state index in [9.17, 15) is 0 Å². The fourth-order valence-electron chi connectivity index (χ4n) is 0.802. The fourth-order valence-corrected chi connectivity index (χ4v) is 0.802. The van der Waals surface area contributed by atoms with E-state index in [0.29, 0.717) is 18.2 Å². The lowest BCUT2D eigenvalue weighted by molar-refractivity contribution is 0.298. The van der Waals surface area contributed by atoms with Crippen LogP contribution in [0.25, 0.3) is 0 Å². The molecule has 5 heteroatoms. The molecule has 0 aromatic carbocycles. The van der Waals surface area contributed by atoms with Crippen LogP contribution in [-0.2, 0) is 0 Å². The van der Waals surface area contributed by atoms with Crippen molar-refractivity contribution in [2.45, 2.75) is 6.92 Å². The molecule has 1 aromatic heterocycles. The zero-order valence-electron chi connectivity index (χ0n) is 7.07. The van der Waals surface area contributed by atoms with Gasteiger partial charge in [0.1, 0.15) is 6.33 Å². The van der Waals surface area contributed by atoms with Gasteiger partial charge in [0.05, 0.1) is 13.7 Å². The van der Waals surface area contributed by atoms with Crippen LogP contribution in [0.1, 0.15) is 6.92 Å². The van der Waals surface area contributed by atoms with Crippen LogP contribution in [0.2, 0.25) is 0 Å². The van der Waals surface area contributed by atoms with E-state index < -0.39 is 0 Å². The average Bonchev–Trinajstić information content (AvgIpc) is 2.05. The Bertz CT molecular complexity index is 265. The molecule has 0 atom stereocenters. The minimum absolute atomic E-state index is 0.288. The molecule has 0 fully saturated rings. The van der Waals surface area contributed by atoms with Crippen molar-refractivity contribution in [3.8, 4) is 11.6 Å². The molecule has 1 aromatic rings. The molecule has 0 spiro atoms. The second-order valence-corrected chi connectivity index (χ2v) is 2.03. The van der Waals surface area contributed by atoms with Crippen molar-refractivity contribution in [2.75, 3.05) is 19.5 Å². The predicted octanol–water partition coefficient (Wildman–Crippen LogP) is 0.466. The lowest BCUT2D eigenvalue weighted by Gasteiger charge is -2.07. The van der Waals surface area contributed by atoms with E-state index in [1.165, 1.54) is 13.4 Å². The minimum Gasteiger partial charge on any atom is -0.489 e. The highest BCUT2D eigenvalue weighted by Gasteiger charge is 2.09. The van der Waals surface area contributed by atoms with Gasteiger partial charge in [0.15, 0.2) is 5.82 Å². The van der Waals surface area contributed by atoms with Gasteiger partial charge in [-0.25, -0.2) is 4.98 Å².